The molecule has 1 aromatic rings. The number of aromatic nitrogens is 3. The van der Waals surface area contributed by atoms with Gasteiger partial charge in [0, 0.05) is 25.5 Å². The molecule has 10 heteroatoms. The molecule has 0 aromatic carbocycles. The Bertz CT molecular complexity index is 535. The van der Waals surface area contributed by atoms with Gasteiger partial charge in [-0.05, 0) is 28.8 Å². The van der Waals surface area contributed by atoms with Crippen LogP contribution in [0, 0.1) is 0 Å². The van der Waals surface area contributed by atoms with Crippen LogP contribution in [0.15, 0.2) is 9.63 Å². The molecule has 0 radical (unpaired) electrons. The van der Waals surface area contributed by atoms with Gasteiger partial charge in [-0.2, -0.15) is 4.31 Å². The van der Waals surface area contributed by atoms with Gasteiger partial charge in [0.2, 0.25) is 5.03 Å². The van der Waals surface area contributed by atoms with E-state index in [2.05, 4.69) is 42.2 Å². The lowest BCUT2D eigenvalue weighted by molar-refractivity contribution is 0.0308. The molecule has 1 fully saturated rings. The summed E-state index contributed by atoms with van der Waals surface area (Å²) in [6, 6.07) is 0. The Balaban J connectivity index is 2.06. The Morgan fingerprint density at radius 2 is 2.05 bits per heavy atom. The van der Waals surface area contributed by atoms with Crippen LogP contribution < -0.4 is 0 Å². The minimum absolute atomic E-state index is 0.0947. The van der Waals surface area contributed by atoms with Gasteiger partial charge in [0.05, 0.1) is 12.7 Å². The largest absolute Gasteiger partial charge is 0.377 e. The van der Waals surface area contributed by atoms with E-state index in [1.807, 2.05) is 0 Å². The number of aryl methyl sites for hydroxylation is 1. The molecule has 0 amide bonds. The maximum absolute atomic E-state index is 12.6. The maximum atomic E-state index is 12.6. The normalized spacial score (nSPS) is 18.6. The van der Waals surface area contributed by atoms with Crippen LogP contribution in [0.25, 0.3) is 0 Å². The minimum atomic E-state index is -3.56. The standard InChI is InChI=1S/C10H16Br2N4O3S/c1-15-10(9(12)13-14-15)20(17,18)16-5-2-8(3-6-16)19-7-4-11/h8H,2-7H2,1H3. The molecule has 0 spiro atoms. The minimum Gasteiger partial charge on any atom is -0.377 e. The van der Waals surface area contributed by atoms with E-state index in [-0.39, 0.29) is 15.7 Å². The summed E-state index contributed by atoms with van der Waals surface area (Å²) in [5.74, 6) is 0. The molecule has 7 nitrogen and oxygen atoms in total. The highest BCUT2D eigenvalue weighted by Gasteiger charge is 2.33. The molecular weight excluding hydrogens is 416 g/mol. The number of hydrogen-bond acceptors (Lipinski definition) is 5. The van der Waals surface area contributed by atoms with Gasteiger partial charge in [0.15, 0.2) is 4.60 Å². The molecule has 0 atom stereocenters. The van der Waals surface area contributed by atoms with Crippen molar-refractivity contribution in [3.05, 3.63) is 4.60 Å². The highest BCUT2D eigenvalue weighted by molar-refractivity contribution is 9.10. The van der Waals surface area contributed by atoms with E-state index >= 15 is 0 Å². The predicted molar refractivity (Wildman–Crippen MR) is 80.2 cm³/mol. The number of hydrogen-bond donors (Lipinski definition) is 0. The fraction of sp³-hybridized carbons (Fsp3) is 0.800. The van der Waals surface area contributed by atoms with Gasteiger partial charge in [0.25, 0.3) is 10.0 Å². The van der Waals surface area contributed by atoms with E-state index in [0.29, 0.717) is 32.5 Å². The third-order valence-electron chi connectivity index (χ3n) is 3.15. The fourth-order valence-electron chi connectivity index (χ4n) is 2.17. The molecule has 1 aromatic heterocycles. The van der Waals surface area contributed by atoms with Crippen molar-refractivity contribution in [1.82, 2.24) is 19.3 Å². The van der Waals surface area contributed by atoms with Crippen LogP contribution in [0.4, 0.5) is 0 Å². The van der Waals surface area contributed by atoms with Crippen molar-refractivity contribution in [2.24, 2.45) is 7.05 Å². The maximum Gasteiger partial charge on any atom is 0.263 e. The lowest BCUT2D eigenvalue weighted by atomic mass is 10.1. The molecule has 0 aliphatic carbocycles. The first-order valence-electron chi connectivity index (χ1n) is 6.19. The van der Waals surface area contributed by atoms with Crippen LogP contribution in [-0.4, -0.2) is 58.8 Å². The molecule has 2 rings (SSSR count). The van der Waals surface area contributed by atoms with E-state index in [0.717, 1.165) is 5.33 Å². The Labute approximate surface area is 135 Å². The Morgan fingerprint density at radius 1 is 1.40 bits per heavy atom. The van der Waals surface area contributed by atoms with Crippen LogP contribution in [0.1, 0.15) is 12.8 Å². The summed E-state index contributed by atoms with van der Waals surface area (Å²) >= 11 is 6.44. The number of ether oxygens (including phenoxy) is 1. The highest BCUT2D eigenvalue weighted by atomic mass is 79.9. The number of piperidine rings is 1. The molecule has 0 saturated carbocycles. The predicted octanol–water partition coefficient (Wildman–Crippen LogP) is 1.14. The summed E-state index contributed by atoms with van der Waals surface area (Å²) < 4.78 is 33.7. The summed E-state index contributed by atoms with van der Waals surface area (Å²) in [7, 11) is -2.00. The molecular formula is C10H16Br2N4O3S. The van der Waals surface area contributed by atoms with Crippen LogP contribution in [-0.2, 0) is 21.8 Å². The number of halogens is 2. The van der Waals surface area contributed by atoms with Gasteiger partial charge >= 0.3 is 0 Å². The van der Waals surface area contributed by atoms with E-state index in [1.165, 1.54) is 8.99 Å². The first-order chi connectivity index (χ1) is 9.46. The van der Waals surface area contributed by atoms with Crippen molar-refractivity contribution < 1.29 is 13.2 Å². The summed E-state index contributed by atoms with van der Waals surface area (Å²) in [6.45, 7) is 1.55. The topological polar surface area (TPSA) is 77.3 Å². The van der Waals surface area contributed by atoms with E-state index < -0.39 is 10.0 Å². The van der Waals surface area contributed by atoms with Crippen molar-refractivity contribution in [3.8, 4) is 0 Å². The first-order valence-corrected chi connectivity index (χ1v) is 9.55. The van der Waals surface area contributed by atoms with Gasteiger partial charge in [0.1, 0.15) is 0 Å². The van der Waals surface area contributed by atoms with Crippen molar-refractivity contribution in [1.29, 1.82) is 0 Å². The second-order valence-electron chi connectivity index (χ2n) is 4.47. The third-order valence-corrected chi connectivity index (χ3v) is 6.26. The zero-order chi connectivity index (χ0) is 14.8. The Hall–Kier alpha value is -0.0300. The van der Waals surface area contributed by atoms with E-state index in [9.17, 15) is 8.42 Å². The van der Waals surface area contributed by atoms with Crippen LogP contribution in [0.3, 0.4) is 0 Å². The number of sulfonamides is 1. The molecule has 1 aliphatic heterocycles. The number of alkyl halides is 1. The first kappa shape index (κ1) is 16.3. The molecule has 1 saturated heterocycles. The SMILES string of the molecule is Cn1nnc(Br)c1S(=O)(=O)N1CCC(OCCBr)CC1. The van der Waals surface area contributed by atoms with Gasteiger partial charge in [-0.1, -0.05) is 21.1 Å². The van der Waals surface area contributed by atoms with Crippen LogP contribution in [0.5, 0.6) is 0 Å². The van der Waals surface area contributed by atoms with E-state index in [1.54, 1.807) is 7.05 Å². The number of nitrogens with zero attached hydrogens (tertiary/aromatic N) is 4. The van der Waals surface area contributed by atoms with Crippen molar-refractivity contribution in [2.75, 3.05) is 25.0 Å². The summed E-state index contributed by atoms with van der Waals surface area (Å²) in [4.78, 5) is 0. The quantitative estimate of drug-likeness (QED) is 0.653. The average Bonchev–Trinajstić information content (AvgIpc) is 2.77. The second-order valence-corrected chi connectivity index (χ2v) is 7.87. The monoisotopic (exact) mass is 430 g/mol. The van der Waals surface area contributed by atoms with Crippen molar-refractivity contribution >= 4 is 41.9 Å². The average molecular weight is 432 g/mol. The third kappa shape index (κ3) is 3.41. The van der Waals surface area contributed by atoms with Crippen LogP contribution >= 0.6 is 31.9 Å². The molecule has 20 heavy (non-hydrogen) atoms. The highest BCUT2D eigenvalue weighted by Crippen LogP contribution is 2.25. The lowest BCUT2D eigenvalue weighted by Crippen LogP contribution is -2.41. The number of rotatable bonds is 5. The zero-order valence-electron chi connectivity index (χ0n) is 11.0. The van der Waals surface area contributed by atoms with Gasteiger partial charge in [-0.25, -0.2) is 13.1 Å². The Kier molecular flexibility index (Phi) is 5.57. The zero-order valence-corrected chi connectivity index (χ0v) is 15.0. The van der Waals surface area contributed by atoms with E-state index in [4.69, 9.17) is 4.74 Å². The van der Waals surface area contributed by atoms with Gasteiger partial charge in [-0.3, -0.25) is 0 Å². The molecule has 2 heterocycles. The fourth-order valence-corrected chi connectivity index (χ4v) is 4.86. The van der Waals surface area contributed by atoms with Crippen molar-refractivity contribution in [3.63, 3.8) is 0 Å². The summed E-state index contributed by atoms with van der Waals surface area (Å²) in [5, 5.41) is 8.33. The lowest BCUT2D eigenvalue weighted by Gasteiger charge is -2.30. The summed E-state index contributed by atoms with van der Waals surface area (Å²) in [6.07, 6.45) is 1.54. The molecule has 114 valence electrons. The molecule has 0 N–H and O–H groups in total. The summed E-state index contributed by atoms with van der Waals surface area (Å²) in [5.41, 5.74) is 0. The molecule has 0 bridgehead atoms. The van der Waals surface area contributed by atoms with Gasteiger partial charge < -0.3 is 4.74 Å². The molecule has 1 aliphatic rings. The smallest absolute Gasteiger partial charge is 0.263 e. The second kappa shape index (κ2) is 6.82. The van der Waals surface area contributed by atoms with Crippen molar-refractivity contribution in [2.45, 2.75) is 24.0 Å². The molecule has 0 unspecified atom stereocenters. The van der Waals surface area contributed by atoms with Gasteiger partial charge in [-0.15, -0.1) is 5.10 Å². The van der Waals surface area contributed by atoms with Crippen LogP contribution in [0.2, 0.25) is 0 Å². The Morgan fingerprint density at radius 3 is 2.55 bits per heavy atom.